The third kappa shape index (κ3) is 49.1. The summed E-state index contributed by atoms with van der Waals surface area (Å²) in [5, 5.41) is 0. The third-order valence-electron chi connectivity index (χ3n) is 10.5. The first-order valence-electron chi connectivity index (χ1n) is 25.9. The van der Waals surface area contributed by atoms with E-state index in [0.717, 1.165) is 141 Å². The molecular formula is C58H94O6. The average molecular weight is 887 g/mol. The van der Waals surface area contributed by atoms with E-state index < -0.39 is 6.10 Å². The van der Waals surface area contributed by atoms with Crippen LogP contribution in [0.5, 0.6) is 0 Å². The molecule has 0 aliphatic heterocycles. The third-order valence-corrected chi connectivity index (χ3v) is 10.5. The first-order valence-corrected chi connectivity index (χ1v) is 25.9. The molecule has 0 saturated carbocycles. The molecule has 6 nitrogen and oxygen atoms in total. The minimum atomic E-state index is -0.778. The molecule has 0 aromatic carbocycles. The second kappa shape index (κ2) is 51.7. The molecule has 0 N–H and O–H groups in total. The maximum atomic E-state index is 12.6. The number of carbonyl (C=O) groups excluding carboxylic acids is 3. The SMILES string of the molecule is CC/C=C\C/C=C\C/C=C\C/C=C\C/C=C\C/C=C\C/C=C\C/C=C\C/C=C\CCCCCCCC(=O)OCC(COC(=O)CCCCCCC)OC(=O)CCCCCCCCCC. The molecule has 0 fully saturated rings. The molecule has 0 aliphatic carbocycles. The van der Waals surface area contributed by atoms with Crippen LogP contribution in [0.15, 0.2) is 109 Å². The molecule has 0 aromatic rings. The van der Waals surface area contributed by atoms with E-state index in [1.165, 1.54) is 38.5 Å². The summed E-state index contributed by atoms with van der Waals surface area (Å²) in [6.07, 6.45) is 69.9. The lowest BCUT2D eigenvalue weighted by molar-refractivity contribution is -0.167. The van der Waals surface area contributed by atoms with Gasteiger partial charge in [-0.15, -0.1) is 0 Å². The highest BCUT2D eigenvalue weighted by molar-refractivity contribution is 5.71. The van der Waals surface area contributed by atoms with Crippen molar-refractivity contribution in [3.63, 3.8) is 0 Å². The largest absolute Gasteiger partial charge is 0.462 e. The van der Waals surface area contributed by atoms with Gasteiger partial charge in [0.1, 0.15) is 13.2 Å². The van der Waals surface area contributed by atoms with Crippen molar-refractivity contribution in [1.29, 1.82) is 0 Å². The van der Waals surface area contributed by atoms with Crippen molar-refractivity contribution in [3.8, 4) is 0 Å². The maximum absolute atomic E-state index is 12.6. The lowest BCUT2D eigenvalue weighted by Crippen LogP contribution is -2.30. The summed E-state index contributed by atoms with van der Waals surface area (Å²) >= 11 is 0. The fourth-order valence-electron chi connectivity index (χ4n) is 6.67. The molecule has 1 unspecified atom stereocenters. The van der Waals surface area contributed by atoms with Crippen LogP contribution in [0.1, 0.15) is 220 Å². The first-order chi connectivity index (χ1) is 31.5. The van der Waals surface area contributed by atoms with Gasteiger partial charge in [-0.2, -0.15) is 0 Å². The van der Waals surface area contributed by atoms with Crippen LogP contribution < -0.4 is 0 Å². The number of ether oxygens (including phenoxy) is 3. The Kier molecular flexibility index (Phi) is 48.5. The minimum absolute atomic E-state index is 0.0847. The second-order valence-electron chi connectivity index (χ2n) is 16.7. The van der Waals surface area contributed by atoms with E-state index in [0.29, 0.717) is 19.3 Å². The maximum Gasteiger partial charge on any atom is 0.306 e. The van der Waals surface area contributed by atoms with Crippen LogP contribution >= 0.6 is 0 Å². The first kappa shape index (κ1) is 60.1. The predicted molar refractivity (Wildman–Crippen MR) is 274 cm³/mol. The summed E-state index contributed by atoms with van der Waals surface area (Å²) in [4.78, 5) is 37.4. The molecule has 0 rings (SSSR count). The zero-order valence-electron chi connectivity index (χ0n) is 41.3. The molecule has 0 amide bonds. The lowest BCUT2D eigenvalue weighted by atomic mass is 10.1. The van der Waals surface area contributed by atoms with Crippen LogP contribution in [0.2, 0.25) is 0 Å². The van der Waals surface area contributed by atoms with Crippen LogP contribution in [0.3, 0.4) is 0 Å². The number of allylic oxidation sites excluding steroid dienone is 18. The van der Waals surface area contributed by atoms with Gasteiger partial charge >= 0.3 is 17.9 Å². The van der Waals surface area contributed by atoms with E-state index in [2.05, 4.69) is 130 Å². The van der Waals surface area contributed by atoms with E-state index in [-0.39, 0.29) is 31.1 Å². The van der Waals surface area contributed by atoms with Gasteiger partial charge in [0.2, 0.25) is 0 Å². The summed E-state index contributed by atoms with van der Waals surface area (Å²) in [5.74, 6) is -0.931. The molecular weight excluding hydrogens is 793 g/mol. The van der Waals surface area contributed by atoms with Crippen molar-refractivity contribution in [3.05, 3.63) is 109 Å². The summed E-state index contributed by atoms with van der Waals surface area (Å²) in [7, 11) is 0. The highest BCUT2D eigenvalue weighted by Crippen LogP contribution is 2.13. The van der Waals surface area contributed by atoms with Crippen molar-refractivity contribution in [2.24, 2.45) is 0 Å². The monoisotopic (exact) mass is 887 g/mol. The van der Waals surface area contributed by atoms with Crippen molar-refractivity contribution >= 4 is 17.9 Å². The number of unbranched alkanes of at least 4 members (excludes halogenated alkanes) is 16. The summed E-state index contributed by atoms with van der Waals surface area (Å²) < 4.78 is 16.6. The van der Waals surface area contributed by atoms with E-state index >= 15 is 0 Å². The Hall–Kier alpha value is -3.93. The molecule has 362 valence electrons. The van der Waals surface area contributed by atoms with Gasteiger partial charge in [-0.3, -0.25) is 14.4 Å². The highest BCUT2D eigenvalue weighted by Gasteiger charge is 2.19. The van der Waals surface area contributed by atoms with Gasteiger partial charge < -0.3 is 14.2 Å². The summed E-state index contributed by atoms with van der Waals surface area (Å²) in [6.45, 7) is 6.37. The van der Waals surface area contributed by atoms with Crippen LogP contribution in [-0.2, 0) is 28.6 Å². The van der Waals surface area contributed by atoms with Crippen LogP contribution in [-0.4, -0.2) is 37.2 Å². The molecule has 0 bridgehead atoms. The molecule has 0 radical (unpaired) electrons. The molecule has 0 saturated heterocycles. The molecule has 0 spiro atoms. The van der Waals surface area contributed by atoms with E-state index in [4.69, 9.17) is 14.2 Å². The van der Waals surface area contributed by atoms with Crippen molar-refractivity contribution in [2.45, 2.75) is 226 Å². The number of carbonyl (C=O) groups is 3. The fourth-order valence-corrected chi connectivity index (χ4v) is 6.67. The Morgan fingerprint density at radius 3 is 0.953 bits per heavy atom. The lowest BCUT2D eigenvalue weighted by Gasteiger charge is -2.18. The normalized spacial score (nSPS) is 13.0. The van der Waals surface area contributed by atoms with Crippen molar-refractivity contribution < 1.29 is 28.6 Å². The number of rotatable bonds is 45. The topological polar surface area (TPSA) is 78.9 Å². The standard InChI is InChI=1S/C58H94O6/c1-4-7-10-13-15-17-18-19-20-21-22-23-24-25-26-27-28-29-30-31-32-33-34-35-36-37-38-39-40-41-43-45-48-51-57(60)63-54-55(53-62-56(59)50-47-44-12-9-6-3)64-58(61)52-49-46-42-16-14-11-8-5-2/h7,10,15,17,19-20,22-23,25-26,28-29,31-32,34-35,37-38,55H,4-6,8-9,11-14,16,18,21,24,27,30,33,36,39-54H2,1-3H3/b10-7-,17-15-,20-19-,23-22-,26-25-,29-28-,32-31-,35-34-,38-37-. The van der Waals surface area contributed by atoms with Crippen molar-refractivity contribution in [2.75, 3.05) is 13.2 Å². The molecule has 64 heavy (non-hydrogen) atoms. The summed E-state index contributed by atoms with van der Waals surface area (Å²) in [6, 6.07) is 0. The van der Waals surface area contributed by atoms with Crippen LogP contribution in [0, 0.1) is 0 Å². The fraction of sp³-hybridized carbons (Fsp3) is 0.638. The van der Waals surface area contributed by atoms with Gasteiger partial charge in [0.25, 0.3) is 0 Å². The Labute approximate surface area is 393 Å². The minimum Gasteiger partial charge on any atom is -0.462 e. The number of hydrogen-bond donors (Lipinski definition) is 0. The van der Waals surface area contributed by atoms with Crippen molar-refractivity contribution in [1.82, 2.24) is 0 Å². The van der Waals surface area contributed by atoms with E-state index in [9.17, 15) is 14.4 Å². The quantitative estimate of drug-likeness (QED) is 0.0262. The van der Waals surface area contributed by atoms with Crippen LogP contribution in [0.25, 0.3) is 0 Å². The Bertz CT molecular complexity index is 1340. The smallest absolute Gasteiger partial charge is 0.306 e. The Morgan fingerprint density at radius 2 is 0.609 bits per heavy atom. The molecule has 0 heterocycles. The zero-order valence-corrected chi connectivity index (χ0v) is 41.3. The molecule has 0 aliphatic rings. The van der Waals surface area contributed by atoms with E-state index in [1.54, 1.807) is 0 Å². The van der Waals surface area contributed by atoms with Gasteiger partial charge in [-0.05, 0) is 89.9 Å². The molecule has 6 heteroatoms. The average Bonchev–Trinajstić information content (AvgIpc) is 3.29. The van der Waals surface area contributed by atoms with Gasteiger partial charge in [0.15, 0.2) is 6.10 Å². The van der Waals surface area contributed by atoms with Gasteiger partial charge in [0, 0.05) is 19.3 Å². The van der Waals surface area contributed by atoms with E-state index in [1.807, 2.05) is 0 Å². The highest BCUT2D eigenvalue weighted by atomic mass is 16.6. The summed E-state index contributed by atoms with van der Waals surface area (Å²) in [5.41, 5.74) is 0. The Morgan fingerprint density at radius 1 is 0.328 bits per heavy atom. The van der Waals surface area contributed by atoms with Gasteiger partial charge in [-0.25, -0.2) is 0 Å². The number of esters is 3. The Balaban J connectivity index is 4.05. The van der Waals surface area contributed by atoms with Gasteiger partial charge in [-0.1, -0.05) is 220 Å². The molecule has 1 atom stereocenters. The van der Waals surface area contributed by atoms with Gasteiger partial charge in [0.05, 0.1) is 0 Å². The molecule has 0 aromatic heterocycles. The van der Waals surface area contributed by atoms with Crippen LogP contribution in [0.4, 0.5) is 0 Å². The second-order valence-corrected chi connectivity index (χ2v) is 16.7. The zero-order chi connectivity index (χ0) is 46.5. The number of hydrogen-bond acceptors (Lipinski definition) is 6. The predicted octanol–water partition coefficient (Wildman–Crippen LogP) is 17.1.